The molecule has 0 fully saturated rings. The number of alkyl halides is 3. The van der Waals surface area contributed by atoms with E-state index in [-0.39, 0.29) is 11.4 Å². The summed E-state index contributed by atoms with van der Waals surface area (Å²) in [6, 6.07) is 1.90. The summed E-state index contributed by atoms with van der Waals surface area (Å²) in [5.74, 6) is -3.85. The molecule has 2 amide bonds. The summed E-state index contributed by atoms with van der Waals surface area (Å²) in [5, 5.41) is 9.40. The average molecular weight is 438 g/mol. The number of fused-ring (bicyclic) bond motifs is 1. The molecule has 1 aromatic carbocycles. The Balaban J connectivity index is 1.87. The first kappa shape index (κ1) is 22.0. The summed E-state index contributed by atoms with van der Waals surface area (Å²) < 4.78 is 53.5. The first-order valence-corrected chi connectivity index (χ1v) is 8.89. The number of hydrogen-bond acceptors (Lipinski definition) is 5. The van der Waals surface area contributed by atoms with Crippen molar-refractivity contribution in [2.45, 2.75) is 13.1 Å². The summed E-state index contributed by atoms with van der Waals surface area (Å²) in [5.41, 5.74) is 0.0531. The van der Waals surface area contributed by atoms with Gasteiger partial charge in [-0.15, -0.1) is 0 Å². The van der Waals surface area contributed by atoms with Crippen molar-refractivity contribution < 1.29 is 27.2 Å². The van der Waals surface area contributed by atoms with Crippen molar-refractivity contribution >= 4 is 39.9 Å². The van der Waals surface area contributed by atoms with E-state index in [0.29, 0.717) is 34.5 Å². The molecule has 0 aliphatic heterocycles. The van der Waals surface area contributed by atoms with Crippen LogP contribution < -0.4 is 15.5 Å². The van der Waals surface area contributed by atoms with E-state index < -0.39 is 29.4 Å². The molecule has 0 aliphatic rings. The van der Waals surface area contributed by atoms with Crippen LogP contribution in [0.15, 0.2) is 24.4 Å². The van der Waals surface area contributed by atoms with Gasteiger partial charge in [-0.25, -0.2) is 9.37 Å². The van der Waals surface area contributed by atoms with Gasteiger partial charge in [0.05, 0.1) is 34.2 Å². The zero-order chi connectivity index (χ0) is 23.1. The van der Waals surface area contributed by atoms with E-state index in [9.17, 15) is 27.2 Å². The molecule has 31 heavy (non-hydrogen) atoms. The SMILES string of the molecule is Cc1nn(C)c2ncc(NC(=O)C(=O)Nc3ccc(F)c(C(F)(F)F)c3)c(N(C)C)c12. The number of anilines is 3. The largest absolute Gasteiger partial charge is 0.419 e. The number of aromatic nitrogens is 3. The lowest BCUT2D eigenvalue weighted by Gasteiger charge is -2.19. The zero-order valence-corrected chi connectivity index (χ0v) is 16.9. The Morgan fingerprint density at radius 2 is 1.77 bits per heavy atom. The fraction of sp³-hybridized carbons (Fsp3) is 0.263. The van der Waals surface area contributed by atoms with Crippen LogP contribution in [0.2, 0.25) is 0 Å². The number of carbonyl (C=O) groups is 2. The van der Waals surface area contributed by atoms with E-state index in [0.717, 1.165) is 6.07 Å². The Bertz CT molecular complexity index is 1190. The molecule has 0 unspecified atom stereocenters. The summed E-state index contributed by atoms with van der Waals surface area (Å²) in [7, 11) is 5.17. The Morgan fingerprint density at radius 1 is 1.13 bits per heavy atom. The van der Waals surface area contributed by atoms with Gasteiger partial charge in [0, 0.05) is 26.8 Å². The maximum Gasteiger partial charge on any atom is 0.419 e. The minimum absolute atomic E-state index is 0.212. The van der Waals surface area contributed by atoms with Crippen molar-refractivity contribution in [1.82, 2.24) is 14.8 Å². The lowest BCUT2D eigenvalue weighted by molar-refractivity contribution is -0.140. The van der Waals surface area contributed by atoms with Crippen molar-refractivity contribution in [1.29, 1.82) is 0 Å². The summed E-state index contributed by atoms with van der Waals surface area (Å²) in [6.07, 6.45) is -3.60. The Hall–Kier alpha value is -3.70. The molecule has 2 heterocycles. The van der Waals surface area contributed by atoms with E-state index in [1.165, 1.54) is 6.20 Å². The molecule has 3 aromatic rings. The Kier molecular flexibility index (Phi) is 5.57. The topological polar surface area (TPSA) is 92.1 Å². The number of benzene rings is 1. The van der Waals surface area contributed by atoms with Gasteiger partial charge >= 0.3 is 18.0 Å². The molecular weight excluding hydrogens is 420 g/mol. The van der Waals surface area contributed by atoms with Crippen LogP contribution in [0.4, 0.5) is 34.6 Å². The fourth-order valence-electron chi connectivity index (χ4n) is 3.14. The molecule has 0 aliphatic carbocycles. The summed E-state index contributed by atoms with van der Waals surface area (Å²) in [4.78, 5) is 30.6. The summed E-state index contributed by atoms with van der Waals surface area (Å²) in [6.45, 7) is 1.77. The molecule has 0 radical (unpaired) electrons. The molecule has 3 rings (SSSR count). The standard InChI is InChI=1S/C19H18F4N6O2/c1-9-14-15(28(2)3)13(8-24-16(14)29(4)27-9)26-18(31)17(30)25-10-5-6-12(20)11(7-10)19(21,22)23/h5-8H,1-4H3,(H,25,30)(H,26,31). The summed E-state index contributed by atoms with van der Waals surface area (Å²) >= 11 is 0. The first-order chi connectivity index (χ1) is 14.4. The molecule has 2 aromatic heterocycles. The second-order valence-electron chi connectivity index (χ2n) is 6.92. The van der Waals surface area contributed by atoms with Gasteiger partial charge in [0.1, 0.15) is 5.82 Å². The number of amides is 2. The highest BCUT2D eigenvalue weighted by atomic mass is 19.4. The van der Waals surface area contributed by atoms with Gasteiger partial charge in [-0.2, -0.15) is 18.3 Å². The van der Waals surface area contributed by atoms with E-state index in [1.54, 1.807) is 37.6 Å². The highest BCUT2D eigenvalue weighted by molar-refractivity contribution is 6.44. The number of halogens is 4. The molecule has 12 heteroatoms. The van der Waals surface area contributed by atoms with Crippen LogP contribution in [0.1, 0.15) is 11.3 Å². The van der Waals surface area contributed by atoms with Crippen LogP contribution in [-0.4, -0.2) is 40.7 Å². The quantitative estimate of drug-likeness (QED) is 0.485. The van der Waals surface area contributed by atoms with Crippen LogP contribution in [0, 0.1) is 12.7 Å². The van der Waals surface area contributed by atoms with Gasteiger partial charge in [-0.05, 0) is 25.1 Å². The fourth-order valence-corrected chi connectivity index (χ4v) is 3.14. The van der Waals surface area contributed by atoms with Crippen molar-refractivity contribution in [2.75, 3.05) is 29.6 Å². The van der Waals surface area contributed by atoms with Crippen LogP contribution in [-0.2, 0) is 22.8 Å². The van der Waals surface area contributed by atoms with E-state index in [2.05, 4.69) is 15.4 Å². The molecule has 0 saturated heterocycles. The van der Waals surface area contributed by atoms with E-state index in [1.807, 2.05) is 5.32 Å². The van der Waals surface area contributed by atoms with Crippen molar-refractivity contribution in [3.8, 4) is 0 Å². The predicted molar refractivity (Wildman–Crippen MR) is 106 cm³/mol. The Morgan fingerprint density at radius 3 is 2.39 bits per heavy atom. The van der Waals surface area contributed by atoms with Crippen molar-refractivity contribution in [3.63, 3.8) is 0 Å². The number of hydrogen-bond donors (Lipinski definition) is 2. The minimum atomic E-state index is -4.95. The van der Waals surface area contributed by atoms with Gasteiger partial charge < -0.3 is 15.5 Å². The van der Waals surface area contributed by atoms with Crippen LogP contribution >= 0.6 is 0 Å². The minimum Gasteiger partial charge on any atom is -0.375 e. The lowest BCUT2D eigenvalue weighted by atomic mass is 10.1. The monoisotopic (exact) mass is 438 g/mol. The molecule has 0 spiro atoms. The normalized spacial score (nSPS) is 11.5. The highest BCUT2D eigenvalue weighted by Crippen LogP contribution is 2.34. The number of nitrogens with zero attached hydrogens (tertiary/aromatic N) is 4. The maximum atomic E-state index is 13.4. The third-order valence-electron chi connectivity index (χ3n) is 4.43. The van der Waals surface area contributed by atoms with Crippen molar-refractivity contribution in [2.24, 2.45) is 7.05 Å². The second-order valence-corrected chi connectivity index (χ2v) is 6.92. The van der Waals surface area contributed by atoms with Crippen LogP contribution in [0.3, 0.4) is 0 Å². The van der Waals surface area contributed by atoms with E-state index in [4.69, 9.17) is 0 Å². The second kappa shape index (κ2) is 7.85. The first-order valence-electron chi connectivity index (χ1n) is 8.89. The molecule has 0 bridgehead atoms. The van der Waals surface area contributed by atoms with Crippen LogP contribution in [0.5, 0.6) is 0 Å². The molecular formula is C19H18F4N6O2. The van der Waals surface area contributed by atoms with Crippen LogP contribution in [0.25, 0.3) is 11.0 Å². The number of pyridine rings is 1. The Labute approximate surface area is 173 Å². The number of carbonyl (C=O) groups excluding carboxylic acids is 2. The average Bonchev–Trinajstić information content (AvgIpc) is 2.95. The number of rotatable bonds is 3. The smallest absolute Gasteiger partial charge is 0.375 e. The predicted octanol–water partition coefficient (Wildman–Crippen LogP) is 3.08. The molecule has 164 valence electrons. The molecule has 8 nitrogen and oxygen atoms in total. The van der Waals surface area contributed by atoms with Crippen molar-refractivity contribution in [3.05, 3.63) is 41.5 Å². The van der Waals surface area contributed by atoms with Gasteiger partial charge in [0.15, 0.2) is 5.65 Å². The molecule has 0 atom stereocenters. The van der Waals surface area contributed by atoms with E-state index >= 15 is 0 Å². The maximum absolute atomic E-state index is 13.4. The highest BCUT2D eigenvalue weighted by Gasteiger charge is 2.34. The lowest BCUT2D eigenvalue weighted by Crippen LogP contribution is -2.30. The zero-order valence-electron chi connectivity index (χ0n) is 16.9. The third kappa shape index (κ3) is 4.27. The third-order valence-corrected chi connectivity index (χ3v) is 4.43. The van der Waals surface area contributed by atoms with Gasteiger partial charge in [-0.3, -0.25) is 14.3 Å². The molecule has 0 saturated carbocycles. The number of aryl methyl sites for hydroxylation is 2. The van der Waals surface area contributed by atoms with Gasteiger partial charge in [0.2, 0.25) is 0 Å². The van der Waals surface area contributed by atoms with Gasteiger partial charge in [0.25, 0.3) is 0 Å². The number of nitrogens with one attached hydrogen (secondary N) is 2. The van der Waals surface area contributed by atoms with Gasteiger partial charge in [-0.1, -0.05) is 0 Å². The molecule has 2 N–H and O–H groups in total.